The molecule has 0 atom stereocenters. The monoisotopic (exact) mass is 118 g/mol. The molecule has 0 spiro atoms. The maximum absolute atomic E-state index is 9.59. The van der Waals surface area contributed by atoms with Gasteiger partial charge in [-0.15, -0.1) is 0 Å². The molecule has 0 unspecified atom stereocenters. The molecule has 0 aliphatic heterocycles. The van der Waals surface area contributed by atoms with Gasteiger partial charge in [-0.3, -0.25) is 0 Å². The predicted molar refractivity (Wildman–Crippen MR) is 22.2 cm³/mol. The van der Waals surface area contributed by atoms with Gasteiger partial charge in [-0.25, -0.2) is 0 Å². The third kappa shape index (κ3) is 4.91. The van der Waals surface area contributed by atoms with Crippen LogP contribution in [0.2, 0.25) is 0 Å². The molecule has 0 aromatic carbocycles. The van der Waals surface area contributed by atoms with Gasteiger partial charge in [0.1, 0.15) is 0 Å². The molecule has 6 heavy (non-hydrogen) atoms. The second kappa shape index (κ2) is 2.28. The Kier molecular flexibility index (Phi) is 2.62. The van der Waals surface area contributed by atoms with E-state index in [0.717, 1.165) is 0 Å². The van der Waals surface area contributed by atoms with Crippen LogP contribution in [-0.4, -0.2) is 43.9 Å². The Morgan fingerprint density at radius 1 is 1.67 bits per heavy atom. The molecule has 0 aliphatic rings. The van der Waals surface area contributed by atoms with Crippen LogP contribution in [-0.2, 0) is 10.1 Å². The van der Waals surface area contributed by atoms with Gasteiger partial charge in [0, 0.05) is 0 Å². The maximum atomic E-state index is 9.59. The minimum atomic E-state index is -3.60. The summed E-state index contributed by atoms with van der Waals surface area (Å²) < 4.78 is 27.0. The third-order valence-corrected chi connectivity index (χ3v) is 3.28. The fourth-order valence-corrected chi connectivity index (χ4v) is 0. The van der Waals surface area contributed by atoms with Gasteiger partial charge < -0.3 is 0 Å². The number of hydrogen-bond donors (Lipinski definition) is 1. The van der Waals surface area contributed by atoms with E-state index in [0.29, 0.717) is 27.9 Å². The number of rotatable bonds is 1. The first-order valence-electron chi connectivity index (χ1n) is 1.51. The zero-order chi connectivity index (χ0) is 5.21. The van der Waals surface area contributed by atoms with E-state index < -0.39 is 10.1 Å². The van der Waals surface area contributed by atoms with Crippen LogP contribution in [0.15, 0.2) is 0 Å². The van der Waals surface area contributed by atoms with Crippen LogP contribution < -0.4 is 0 Å². The summed E-state index contributed by atoms with van der Waals surface area (Å²) in [7, 11) is -3.60. The molecule has 0 fully saturated rings. The molecule has 0 bridgehead atoms. The van der Waals surface area contributed by atoms with Crippen LogP contribution in [0, 0.1) is 0 Å². The van der Waals surface area contributed by atoms with E-state index in [-0.39, 0.29) is 3.00 Å². The Hall–Kier alpha value is 0.910. The van der Waals surface area contributed by atoms with Crippen molar-refractivity contribution in [3.8, 4) is 0 Å². The van der Waals surface area contributed by atoms with Gasteiger partial charge in [0.15, 0.2) is 0 Å². The van der Waals surface area contributed by atoms with Crippen LogP contribution in [0.4, 0.5) is 0 Å². The fourth-order valence-electron chi connectivity index (χ4n) is 0. The molecule has 0 aromatic rings. The van der Waals surface area contributed by atoms with Crippen LogP contribution >= 0.6 is 0 Å². The summed E-state index contributed by atoms with van der Waals surface area (Å²) in [6.07, 6.45) is 0. The second-order valence-electron chi connectivity index (χ2n) is 0.871. The average molecular weight is 118 g/mol. The Morgan fingerprint density at radius 2 is 1.83 bits per heavy atom. The van der Waals surface area contributed by atoms with Crippen molar-refractivity contribution >= 4 is 38.0 Å². The number of hydrogen-bond acceptors (Lipinski definition) is 2. The van der Waals surface area contributed by atoms with Gasteiger partial charge in [0.25, 0.3) is 0 Å². The standard InChI is InChI=1S/CH3O3S.Na/c1-5(2,3)4;/h1H2,(H,2,3,4);. The van der Waals surface area contributed by atoms with Gasteiger partial charge in [0.2, 0.25) is 0 Å². The Labute approximate surface area is 53.9 Å². The Morgan fingerprint density at radius 3 is 1.83 bits per heavy atom. The van der Waals surface area contributed by atoms with E-state index in [1.54, 1.807) is 0 Å². The van der Waals surface area contributed by atoms with E-state index >= 15 is 0 Å². The molecule has 0 saturated heterocycles. The molecule has 0 heterocycles. The van der Waals surface area contributed by atoms with Crippen molar-refractivity contribution in [2.75, 3.05) is 3.00 Å². The molecule has 5 heteroatoms. The van der Waals surface area contributed by atoms with Crippen molar-refractivity contribution in [1.82, 2.24) is 0 Å². The molecule has 0 rings (SSSR count). The summed E-state index contributed by atoms with van der Waals surface area (Å²) in [5, 5.41) is 0. The zero-order valence-electron chi connectivity index (χ0n) is 3.38. The molecule has 0 radical (unpaired) electrons. The molecule has 3 nitrogen and oxygen atoms in total. The Bertz CT molecular complexity index is 113. The first-order chi connectivity index (χ1) is 2.56. The molecular weight excluding hydrogens is 115 g/mol. The average Bonchev–Trinajstić information content (AvgIpc) is 1.35. The summed E-state index contributed by atoms with van der Waals surface area (Å²) in [5.41, 5.74) is 0. The minimum absolute atomic E-state index is 0.0625. The molecule has 1 N–H and O–H groups in total. The van der Waals surface area contributed by atoms with E-state index in [2.05, 4.69) is 0 Å². The summed E-state index contributed by atoms with van der Waals surface area (Å²) in [6.45, 7) is 0. The summed E-state index contributed by atoms with van der Waals surface area (Å²) in [5.74, 6) is 0. The zero-order valence-corrected chi connectivity index (χ0v) is 6.20. The van der Waals surface area contributed by atoms with E-state index in [1.807, 2.05) is 0 Å². The first-order valence-corrected chi connectivity index (χ1v) is 4.54. The topological polar surface area (TPSA) is 54.4 Å². The summed E-state index contributed by atoms with van der Waals surface area (Å²) in [4.78, 5) is 0. The van der Waals surface area contributed by atoms with Gasteiger partial charge in [-0.2, -0.15) is 0 Å². The van der Waals surface area contributed by atoms with Gasteiger partial charge >= 0.3 is 54.0 Å². The van der Waals surface area contributed by atoms with Crippen molar-refractivity contribution in [3.05, 3.63) is 0 Å². The molecule has 0 aliphatic carbocycles. The Balaban J connectivity index is 3.85. The molecule has 0 amide bonds. The van der Waals surface area contributed by atoms with Crippen molar-refractivity contribution in [2.45, 2.75) is 0 Å². The van der Waals surface area contributed by atoms with E-state index in [4.69, 9.17) is 4.55 Å². The van der Waals surface area contributed by atoms with Crippen LogP contribution in [0.3, 0.4) is 0 Å². The van der Waals surface area contributed by atoms with Crippen LogP contribution in [0.5, 0.6) is 0 Å². The van der Waals surface area contributed by atoms with Crippen molar-refractivity contribution in [1.29, 1.82) is 0 Å². The van der Waals surface area contributed by atoms with Gasteiger partial charge in [-0.1, -0.05) is 0 Å². The van der Waals surface area contributed by atoms with Gasteiger partial charge in [-0.05, 0) is 0 Å². The summed E-state index contributed by atoms with van der Waals surface area (Å²) in [6, 6.07) is 0. The molecule has 0 saturated carbocycles. The van der Waals surface area contributed by atoms with Crippen molar-refractivity contribution in [3.63, 3.8) is 0 Å². The summed E-state index contributed by atoms with van der Waals surface area (Å²) >= 11 is 0.510. The molecule has 0 aromatic heterocycles. The molecular formula is CH3NaO3S. The van der Waals surface area contributed by atoms with Crippen molar-refractivity contribution < 1.29 is 13.0 Å². The predicted octanol–water partition coefficient (Wildman–Crippen LogP) is -1.000. The van der Waals surface area contributed by atoms with Crippen molar-refractivity contribution in [2.24, 2.45) is 0 Å². The first kappa shape index (κ1) is 6.91. The van der Waals surface area contributed by atoms with Gasteiger partial charge in [0.05, 0.1) is 0 Å². The normalized spacial score (nSPS) is 11.8. The van der Waals surface area contributed by atoms with Crippen LogP contribution in [0.1, 0.15) is 0 Å². The third-order valence-electron chi connectivity index (χ3n) is 0.365. The van der Waals surface area contributed by atoms with E-state index in [9.17, 15) is 8.42 Å². The van der Waals surface area contributed by atoms with Crippen LogP contribution in [0.25, 0.3) is 0 Å². The molecule has 32 valence electrons. The van der Waals surface area contributed by atoms with E-state index in [1.165, 1.54) is 0 Å². The quantitative estimate of drug-likeness (QED) is 0.355. The second-order valence-corrected chi connectivity index (χ2v) is 4.34. The fraction of sp³-hybridized carbons (Fsp3) is 1.00. The SMILES string of the molecule is O=S(=O)(O)[CH2][Na].